The topological polar surface area (TPSA) is 41.9 Å². The molecule has 2 aromatic heterocycles. The van der Waals surface area contributed by atoms with Gasteiger partial charge < -0.3 is 0 Å². The molecule has 1 atom stereocenters. The molecule has 0 amide bonds. The third kappa shape index (κ3) is 2.81. The Bertz CT molecular complexity index is 602. The minimum absolute atomic E-state index is 0.336. The molecule has 2 aromatic rings. The summed E-state index contributed by atoms with van der Waals surface area (Å²) in [5.74, 6) is 0.753. The predicted molar refractivity (Wildman–Crippen MR) is 78.4 cm³/mol. The van der Waals surface area contributed by atoms with Gasteiger partial charge in [0.25, 0.3) is 0 Å². The molecule has 1 aliphatic rings. The molecule has 1 unspecified atom stereocenters. The summed E-state index contributed by atoms with van der Waals surface area (Å²) < 4.78 is 0. The van der Waals surface area contributed by atoms with Crippen molar-refractivity contribution < 1.29 is 0 Å². The van der Waals surface area contributed by atoms with Crippen molar-refractivity contribution in [2.75, 3.05) is 7.05 Å². The van der Waals surface area contributed by atoms with Gasteiger partial charge >= 0.3 is 0 Å². The lowest BCUT2D eigenvalue weighted by Crippen LogP contribution is -2.29. The minimum atomic E-state index is 0.336. The first kappa shape index (κ1) is 13.5. The maximum atomic E-state index is 5.91. The van der Waals surface area contributed by atoms with E-state index < -0.39 is 0 Å². The van der Waals surface area contributed by atoms with Crippen molar-refractivity contribution in [1.82, 2.24) is 19.9 Å². The van der Waals surface area contributed by atoms with E-state index >= 15 is 0 Å². The van der Waals surface area contributed by atoms with Crippen LogP contribution < -0.4 is 0 Å². The van der Waals surface area contributed by atoms with Gasteiger partial charge in [0.05, 0.1) is 18.3 Å². The summed E-state index contributed by atoms with van der Waals surface area (Å²) in [6.45, 7) is 0.682. The summed E-state index contributed by atoms with van der Waals surface area (Å²) in [4.78, 5) is 15.4. The van der Waals surface area contributed by atoms with Gasteiger partial charge in [-0.25, -0.2) is 9.97 Å². The largest absolute Gasteiger partial charge is 0.290 e. The van der Waals surface area contributed by atoms with Gasteiger partial charge in [0.2, 0.25) is 0 Å². The van der Waals surface area contributed by atoms with Crippen molar-refractivity contribution in [3.8, 4) is 0 Å². The number of halogens is 1. The first-order valence-corrected chi connectivity index (χ1v) is 7.23. The van der Waals surface area contributed by atoms with Crippen LogP contribution in [-0.4, -0.2) is 26.9 Å². The molecule has 2 heterocycles. The Hall–Kier alpha value is -1.52. The van der Waals surface area contributed by atoms with Gasteiger partial charge in [-0.1, -0.05) is 17.7 Å². The smallest absolute Gasteiger partial charge is 0.143 e. The van der Waals surface area contributed by atoms with Crippen LogP contribution in [0.25, 0.3) is 0 Å². The number of rotatable bonds is 3. The van der Waals surface area contributed by atoms with Gasteiger partial charge in [-0.05, 0) is 44.0 Å². The highest BCUT2D eigenvalue weighted by Gasteiger charge is 2.25. The zero-order valence-corrected chi connectivity index (χ0v) is 12.2. The number of nitrogens with zero attached hydrogens (tertiary/aromatic N) is 4. The maximum Gasteiger partial charge on any atom is 0.143 e. The van der Waals surface area contributed by atoms with Crippen molar-refractivity contribution in [2.45, 2.75) is 31.8 Å². The van der Waals surface area contributed by atoms with E-state index in [4.69, 9.17) is 11.6 Å². The Kier molecular flexibility index (Phi) is 3.94. The van der Waals surface area contributed by atoms with Gasteiger partial charge in [0.1, 0.15) is 11.0 Å². The van der Waals surface area contributed by atoms with Crippen LogP contribution in [0.5, 0.6) is 0 Å². The zero-order chi connectivity index (χ0) is 13.9. The molecule has 0 aliphatic heterocycles. The van der Waals surface area contributed by atoms with Crippen molar-refractivity contribution in [1.29, 1.82) is 0 Å². The molecule has 0 N–H and O–H groups in total. The number of pyridine rings is 1. The van der Waals surface area contributed by atoms with E-state index in [9.17, 15) is 0 Å². The van der Waals surface area contributed by atoms with Gasteiger partial charge in [-0.3, -0.25) is 9.88 Å². The van der Waals surface area contributed by atoms with E-state index in [1.807, 2.05) is 12.3 Å². The van der Waals surface area contributed by atoms with Crippen LogP contribution in [0.1, 0.15) is 36.0 Å². The SMILES string of the molecule is CN(Cc1nccc(Cl)n1)C1CCCc2cccnc21. The molecule has 3 rings (SSSR count). The Labute approximate surface area is 123 Å². The molecule has 1 aliphatic carbocycles. The van der Waals surface area contributed by atoms with Crippen molar-refractivity contribution in [3.63, 3.8) is 0 Å². The van der Waals surface area contributed by atoms with E-state index in [2.05, 4.69) is 33.0 Å². The normalized spacial score (nSPS) is 18.1. The molecule has 104 valence electrons. The second-order valence-corrected chi connectivity index (χ2v) is 5.55. The van der Waals surface area contributed by atoms with Crippen LogP contribution in [0.3, 0.4) is 0 Å². The second kappa shape index (κ2) is 5.85. The Balaban J connectivity index is 1.80. The van der Waals surface area contributed by atoms with E-state index in [1.54, 1.807) is 12.3 Å². The first-order valence-electron chi connectivity index (χ1n) is 6.85. The molecule has 0 aromatic carbocycles. The average Bonchev–Trinajstić information content (AvgIpc) is 2.46. The molecule has 5 heteroatoms. The predicted octanol–water partition coefficient (Wildman–Crippen LogP) is 3.03. The van der Waals surface area contributed by atoms with Crippen molar-refractivity contribution in [3.05, 3.63) is 52.8 Å². The fourth-order valence-electron chi connectivity index (χ4n) is 2.80. The van der Waals surface area contributed by atoms with E-state index in [-0.39, 0.29) is 0 Å². The Morgan fingerprint density at radius 2 is 2.20 bits per heavy atom. The second-order valence-electron chi connectivity index (χ2n) is 5.17. The number of fused-ring (bicyclic) bond motifs is 1. The van der Waals surface area contributed by atoms with Gasteiger partial charge in [-0.2, -0.15) is 0 Å². The summed E-state index contributed by atoms with van der Waals surface area (Å²) in [7, 11) is 2.10. The van der Waals surface area contributed by atoms with Crippen LogP contribution in [-0.2, 0) is 13.0 Å². The Morgan fingerprint density at radius 1 is 1.30 bits per heavy atom. The first-order chi connectivity index (χ1) is 9.74. The summed E-state index contributed by atoms with van der Waals surface area (Å²) >= 11 is 5.91. The lowest BCUT2D eigenvalue weighted by Gasteiger charge is -2.31. The standard InChI is InChI=1S/C15H17ClN4/c1-20(10-14-17-9-7-13(16)19-14)12-6-2-4-11-5-3-8-18-15(11)12/h3,5,7-9,12H,2,4,6,10H2,1H3. The van der Waals surface area contributed by atoms with Gasteiger partial charge in [0.15, 0.2) is 0 Å². The molecule has 0 fully saturated rings. The monoisotopic (exact) mass is 288 g/mol. The van der Waals surface area contributed by atoms with Crippen LogP contribution in [0.2, 0.25) is 5.15 Å². The van der Waals surface area contributed by atoms with Crippen LogP contribution in [0, 0.1) is 0 Å². The van der Waals surface area contributed by atoms with Crippen LogP contribution in [0.15, 0.2) is 30.6 Å². The summed E-state index contributed by atoms with van der Waals surface area (Å²) in [5, 5.41) is 0.491. The number of aryl methyl sites for hydroxylation is 1. The van der Waals surface area contributed by atoms with Crippen molar-refractivity contribution in [2.24, 2.45) is 0 Å². The van der Waals surface area contributed by atoms with Gasteiger partial charge in [0, 0.05) is 12.4 Å². The Morgan fingerprint density at radius 3 is 3.05 bits per heavy atom. The molecule has 0 saturated heterocycles. The number of hydrogen-bond acceptors (Lipinski definition) is 4. The molecule has 0 saturated carbocycles. The fraction of sp³-hybridized carbons (Fsp3) is 0.400. The summed E-state index contributed by atoms with van der Waals surface area (Å²) in [6.07, 6.45) is 7.03. The highest BCUT2D eigenvalue weighted by molar-refractivity contribution is 6.29. The van der Waals surface area contributed by atoms with Crippen LogP contribution in [0.4, 0.5) is 0 Å². The highest BCUT2D eigenvalue weighted by Crippen LogP contribution is 2.32. The van der Waals surface area contributed by atoms with E-state index in [0.717, 1.165) is 18.7 Å². The van der Waals surface area contributed by atoms with Crippen molar-refractivity contribution >= 4 is 11.6 Å². The molecule has 4 nitrogen and oxygen atoms in total. The lowest BCUT2D eigenvalue weighted by molar-refractivity contribution is 0.204. The number of hydrogen-bond donors (Lipinski definition) is 0. The quantitative estimate of drug-likeness (QED) is 0.814. The molecule has 20 heavy (non-hydrogen) atoms. The van der Waals surface area contributed by atoms with Crippen LogP contribution >= 0.6 is 11.6 Å². The van der Waals surface area contributed by atoms with E-state index in [0.29, 0.717) is 17.7 Å². The molecule has 0 spiro atoms. The molecule has 0 radical (unpaired) electrons. The fourth-order valence-corrected chi connectivity index (χ4v) is 2.95. The number of aromatic nitrogens is 3. The summed E-state index contributed by atoms with van der Waals surface area (Å²) in [5.41, 5.74) is 2.56. The molecule has 0 bridgehead atoms. The molecular formula is C15H17ClN4. The third-order valence-corrected chi connectivity index (χ3v) is 3.97. The van der Waals surface area contributed by atoms with E-state index in [1.165, 1.54) is 17.7 Å². The maximum absolute atomic E-state index is 5.91. The zero-order valence-electron chi connectivity index (χ0n) is 11.5. The third-order valence-electron chi connectivity index (χ3n) is 3.76. The van der Waals surface area contributed by atoms with Gasteiger partial charge in [-0.15, -0.1) is 0 Å². The lowest BCUT2D eigenvalue weighted by atomic mass is 9.91. The highest BCUT2D eigenvalue weighted by atomic mass is 35.5. The summed E-state index contributed by atoms with van der Waals surface area (Å²) in [6, 6.07) is 6.23. The minimum Gasteiger partial charge on any atom is -0.290 e. The molecular weight excluding hydrogens is 272 g/mol. The average molecular weight is 289 g/mol.